The number of fused-ring (bicyclic) bond motifs is 1. The number of rotatable bonds is 4. The molecule has 0 aromatic carbocycles. The Labute approximate surface area is 149 Å². The number of aliphatic hydroxyl groups is 2. The number of ether oxygens (including phenoxy) is 1. The lowest BCUT2D eigenvalue weighted by molar-refractivity contribution is -0.127. The van der Waals surface area contributed by atoms with Gasteiger partial charge >= 0.3 is 0 Å². The molecule has 0 aliphatic carbocycles. The zero-order valence-electron chi connectivity index (χ0n) is 14.4. The second kappa shape index (κ2) is 6.78. The van der Waals surface area contributed by atoms with Crippen molar-refractivity contribution in [1.82, 2.24) is 24.4 Å². The zero-order valence-corrected chi connectivity index (χ0v) is 14.4. The average Bonchev–Trinajstić information content (AvgIpc) is 3.33. The first-order valence-electron chi connectivity index (χ1n) is 8.70. The lowest BCUT2D eigenvalue weighted by atomic mass is 10.2. The minimum atomic E-state index is -0.741. The van der Waals surface area contributed by atoms with Crippen molar-refractivity contribution >= 4 is 22.9 Å². The summed E-state index contributed by atoms with van der Waals surface area (Å²) in [6.07, 6.45) is 2.42. The molecule has 10 nitrogen and oxygen atoms in total. The third-order valence-corrected chi connectivity index (χ3v) is 4.98. The Bertz CT molecular complexity index is 811. The van der Waals surface area contributed by atoms with Crippen molar-refractivity contribution in [2.75, 3.05) is 25.0 Å². The van der Waals surface area contributed by atoms with E-state index < -0.39 is 18.4 Å². The van der Waals surface area contributed by atoms with Gasteiger partial charge in [-0.2, -0.15) is 0 Å². The van der Waals surface area contributed by atoms with Crippen LogP contribution < -0.4 is 5.32 Å². The number of hydrogen-bond donors (Lipinski definition) is 3. The van der Waals surface area contributed by atoms with E-state index in [1.807, 2.05) is 0 Å². The maximum absolute atomic E-state index is 11.5. The third-order valence-electron chi connectivity index (χ3n) is 4.98. The van der Waals surface area contributed by atoms with Gasteiger partial charge in [-0.05, 0) is 6.42 Å². The molecule has 4 rings (SSSR count). The van der Waals surface area contributed by atoms with Crippen molar-refractivity contribution in [2.24, 2.45) is 0 Å². The van der Waals surface area contributed by atoms with Crippen molar-refractivity contribution < 1.29 is 19.7 Å². The van der Waals surface area contributed by atoms with Gasteiger partial charge < -0.3 is 25.2 Å². The van der Waals surface area contributed by atoms with Gasteiger partial charge in [-0.1, -0.05) is 0 Å². The maximum Gasteiger partial charge on any atom is 0.219 e. The van der Waals surface area contributed by atoms with Gasteiger partial charge in [-0.15, -0.1) is 0 Å². The molecule has 26 heavy (non-hydrogen) atoms. The minimum absolute atomic E-state index is 0.0669. The molecule has 4 heterocycles. The second-order valence-corrected chi connectivity index (χ2v) is 6.78. The van der Waals surface area contributed by atoms with Crippen LogP contribution in [0.25, 0.3) is 11.2 Å². The van der Waals surface area contributed by atoms with E-state index in [0.29, 0.717) is 29.9 Å². The molecule has 0 radical (unpaired) electrons. The predicted octanol–water partition coefficient (Wildman–Crippen LogP) is -0.500. The molecule has 2 fully saturated rings. The van der Waals surface area contributed by atoms with Gasteiger partial charge in [-0.25, -0.2) is 15.0 Å². The summed E-state index contributed by atoms with van der Waals surface area (Å²) >= 11 is 0. The maximum atomic E-state index is 11.5. The van der Waals surface area contributed by atoms with Crippen LogP contribution in [-0.2, 0) is 9.53 Å². The molecule has 1 amide bonds. The van der Waals surface area contributed by atoms with Gasteiger partial charge in [0.25, 0.3) is 0 Å². The number of nitrogens with one attached hydrogen (secondary N) is 1. The average molecular weight is 362 g/mol. The Kier molecular flexibility index (Phi) is 4.47. The molecule has 2 aliphatic rings. The summed E-state index contributed by atoms with van der Waals surface area (Å²) in [5.74, 6) is 0.660. The van der Waals surface area contributed by atoms with Crippen LogP contribution in [-0.4, -0.2) is 78.5 Å². The van der Waals surface area contributed by atoms with E-state index in [1.165, 1.54) is 6.33 Å². The molecule has 4 atom stereocenters. The van der Waals surface area contributed by atoms with Gasteiger partial charge in [-0.3, -0.25) is 9.36 Å². The number of carbonyl (C=O) groups is 1. The Morgan fingerprint density at radius 3 is 2.96 bits per heavy atom. The van der Waals surface area contributed by atoms with Crippen molar-refractivity contribution in [2.45, 2.75) is 44.2 Å². The van der Waals surface area contributed by atoms with E-state index in [0.717, 1.165) is 13.0 Å². The summed E-state index contributed by atoms with van der Waals surface area (Å²) in [5, 5.41) is 22.8. The van der Waals surface area contributed by atoms with E-state index in [9.17, 15) is 15.0 Å². The minimum Gasteiger partial charge on any atom is -0.394 e. The van der Waals surface area contributed by atoms with Crippen LogP contribution in [0.3, 0.4) is 0 Å². The number of imidazole rings is 1. The Hall–Kier alpha value is -2.30. The summed E-state index contributed by atoms with van der Waals surface area (Å²) in [7, 11) is 0. The highest BCUT2D eigenvalue weighted by atomic mass is 16.5. The summed E-state index contributed by atoms with van der Waals surface area (Å²) in [6.45, 7) is 2.78. The first-order chi connectivity index (χ1) is 12.6. The normalized spacial score (nSPS) is 28.8. The fraction of sp³-hybridized carbons (Fsp3) is 0.625. The molecule has 4 unspecified atom stereocenters. The van der Waals surface area contributed by atoms with Crippen LogP contribution in [0.5, 0.6) is 0 Å². The third kappa shape index (κ3) is 3.00. The van der Waals surface area contributed by atoms with Crippen LogP contribution in [0.2, 0.25) is 0 Å². The molecule has 2 saturated heterocycles. The van der Waals surface area contributed by atoms with E-state index in [-0.39, 0.29) is 18.6 Å². The quantitative estimate of drug-likeness (QED) is 0.665. The lowest BCUT2D eigenvalue weighted by Gasteiger charge is -2.17. The second-order valence-electron chi connectivity index (χ2n) is 6.78. The topological polar surface area (TPSA) is 126 Å². The number of amides is 1. The van der Waals surface area contributed by atoms with E-state index >= 15 is 0 Å². The standard InChI is InChI=1S/C16H22N6O4/c1-9(24)21-3-2-10(5-21)20-14-13-15(18-7-17-14)22(8-19-13)16-12(25)4-11(6-23)26-16/h7-8,10-12,16,23,25H,2-6H2,1H3,(H,17,18,20). The van der Waals surface area contributed by atoms with E-state index in [4.69, 9.17) is 4.74 Å². The zero-order chi connectivity index (χ0) is 18.3. The summed E-state index contributed by atoms with van der Waals surface area (Å²) in [5.41, 5.74) is 1.13. The van der Waals surface area contributed by atoms with Crippen LogP contribution >= 0.6 is 0 Å². The molecule has 0 bridgehead atoms. The lowest BCUT2D eigenvalue weighted by Crippen LogP contribution is -2.29. The number of aromatic nitrogens is 4. The molecule has 2 aromatic heterocycles. The number of carbonyl (C=O) groups excluding carboxylic acids is 1. The van der Waals surface area contributed by atoms with Crippen molar-refractivity contribution in [3.8, 4) is 0 Å². The summed E-state index contributed by atoms with van der Waals surface area (Å²) < 4.78 is 7.35. The Morgan fingerprint density at radius 1 is 1.42 bits per heavy atom. The molecule has 0 saturated carbocycles. The van der Waals surface area contributed by atoms with E-state index in [1.54, 1.807) is 22.7 Å². The molecule has 140 valence electrons. The van der Waals surface area contributed by atoms with Gasteiger partial charge in [0.15, 0.2) is 23.2 Å². The van der Waals surface area contributed by atoms with Crippen LogP contribution in [0, 0.1) is 0 Å². The summed E-state index contributed by atoms with van der Waals surface area (Å²) in [4.78, 5) is 26.2. The largest absolute Gasteiger partial charge is 0.394 e. The van der Waals surface area contributed by atoms with Crippen molar-refractivity contribution in [3.05, 3.63) is 12.7 Å². The van der Waals surface area contributed by atoms with Gasteiger partial charge in [0, 0.05) is 32.5 Å². The highest BCUT2D eigenvalue weighted by Gasteiger charge is 2.36. The number of hydrogen-bond acceptors (Lipinski definition) is 8. The number of likely N-dealkylation sites (tertiary alicyclic amines) is 1. The number of aliphatic hydroxyl groups excluding tert-OH is 2. The van der Waals surface area contributed by atoms with E-state index in [2.05, 4.69) is 20.3 Å². The van der Waals surface area contributed by atoms with Crippen molar-refractivity contribution in [3.63, 3.8) is 0 Å². The van der Waals surface area contributed by atoms with Crippen LogP contribution in [0.15, 0.2) is 12.7 Å². The first-order valence-corrected chi connectivity index (χ1v) is 8.70. The molecule has 10 heteroatoms. The fourth-order valence-corrected chi connectivity index (χ4v) is 3.60. The highest BCUT2D eigenvalue weighted by molar-refractivity contribution is 5.83. The first kappa shape index (κ1) is 17.1. The van der Waals surface area contributed by atoms with Crippen LogP contribution in [0.4, 0.5) is 5.82 Å². The predicted molar refractivity (Wildman–Crippen MR) is 91.2 cm³/mol. The molecular formula is C16H22N6O4. The fourth-order valence-electron chi connectivity index (χ4n) is 3.60. The van der Waals surface area contributed by atoms with Gasteiger partial charge in [0.2, 0.25) is 5.91 Å². The number of anilines is 1. The van der Waals surface area contributed by atoms with Crippen molar-refractivity contribution in [1.29, 1.82) is 0 Å². The van der Waals surface area contributed by atoms with Gasteiger partial charge in [0.1, 0.15) is 12.4 Å². The molecule has 2 aromatic rings. The molecule has 3 N–H and O–H groups in total. The number of nitrogens with zero attached hydrogens (tertiary/aromatic N) is 5. The van der Waals surface area contributed by atoms with Crippen LogP contribution in [0.1, 0.15) is 26.0 Å². The monoisotopic (exact) mass is 362 g/mol. The smallest absolute Gasteiger partial charge is 0.219 e. The Morgan fingerprint density at radius 2 is 2.27 bits per heavy atom. The molecule has 2 aliphatic heterocycles. The Balaban J connectivity index is 1.57. The van der Waals surface area contributed by atoms with Gasteiger partial charge in [0.05, 0.1) is 19.0 Å². The highest BCUT2D eigenvalue weighted by Crippen LogP contribution is 2.31. The summed E-state index contributed by atoms with van der Waals surface area (Å²) in [6, 6.07) is 0.106. The SMILES string of the molecule is CC(=O)N1CCC(Nc2ncnc3c2ncn3C2OC(CO)CC2O)C1. The molecule has 0 spiro atoms. The molecular weight excluding hydrogens is 340 g/mol.